The third kappa shape index (κ3) is 9.38. The van der Waals surface area contributed by atoms with Gasteiger partial charge >= 0.3 is 12.2 Å². The molecule has 13 nitrogen and oxygen atoms in total. The molecule has 0 atom stereocenters. The van der Waals surface area contributed by atoms with Gasteiger partial charge in [-0.1, -0.05) is 60.7 Å². The zero-order chi connectivity index (χ0) is 32.0. The summed E-state index contributed by atoms with van der Waals surface area (Å²) in [4.78, 5) is 24.0. The van der Waals surface area contributed by atoms with Crippen molar-refractivity contribution in [1.29, 1.82) is 0 Å². The van der Waals surface area contributed by atoms with E-state index in [1.165, 1.54) is 50.9 Å². The van der Waals surface area contributed by atoms with E-state index in [4.69, 9.17) is 23.7 Å². The molecule has 0 saturated heterocycles. The van der Waals surface area contributed by atoms with E-state index in [9.17, 15) is 19.8 Å². The van der Waals surface area contributed by atoms with Crippen LogP contribution >= 0.6 is 0 Å². The lowest BCUT2D eigenvalue weighted by Crippen LogP contribution is -2.18. The van der Waals surface area contributed by atoms with Crippen LogP contribution in [0.2, 0.25) is 0 Å². The number of phenols is 2. The van der Waals surface area contributed by atoms with E-state index < -0.39 is 12.2 Å². The highest BCUT2D eigenvalue weighted by Gasteiger charge is 2.17. The first-order valence-corrected chi connectivity index (χ1v) is 13.4. The van der Waals surface area contributed by atoms with Crippen molar-refractivity contribution in [3.8, 4) is 34.5 Å². The lowest BCUT2D eigenvalue weighted by atomic mass is 10.1. The molecule has 0 aliphatic carbocycles. The second kappa shape index (κ2) is 15.8. The number of ether oxygens (including phenoxy) is 5. The van der Waals surface area contributed by atoms with Gasteiger partial charge in [0.05, 0.1) is 26.6 Å². The summed E-state index contributed by atoms with van der Waals surface area (Å²) in [6.45, 7) is 0.136. The van der Waals surface area contributed by atoms with Crippen LogP contribution in [0.3, 0.4) is 0 Å². The molecule has 4 aromatic carbocycles. The molecular weight excluding hydrogens is 584 g/mol. The van der Waals surface area contributed by atoms with Gasteiger partial charge in [0, 0.05) is 11.1 Å². The SMILES string of the molecule is COc1cc(/C=N/NC(=O)OCc2ccccc2)cc(Oc2cc(/C=N/NC(=O)OCc3ccccc3)cc(OC)c2O)c1O. The van der Waals surface area contributed by atoms with E-state index in [1.54, 1.807) is 0 Å². The summed E-state index contributed by atoms with van der Waals surface area (Å²) in [6.07, 6.45) is 1.02. The van der Waals surface area contributed by atoms with Crippen LogP contribution in [-0.2, 0) is 22.7 Å². The second-order valence-corrected chi connectivity index (χ2v) is 9.11. The number of nitrogens with zero attached hydrogens (tertiary/aromatic N) is 2. The lowest BCUT2D eigenvalue weighted by Gasteiger charge is -2.14. The fraction of sp³-hybridized carbons (Fsp3) is 0.125. The molecule has 0 fully saturated rings. The van der Waals surface area contributed by atoms with Crippen LogP contribution in [0, 0.1) is 0 Å². The third-order valence-electron chi connectivity index (χ3n) is 5.95. The van der Waals surface area contributed by atoms with E-state index in [1.807, 2.05) is 60.7 Å². The van der Waals surface area contributed by atoms with Crippen LogP contribution in [-0.4, -0.2) is 49.0 Å². The number of rotatable bonds is 12. The summed E-state index contributed by atoms with van der Waals surface area (Å²) >= 11 is 0. The summed E-state index contributed by atoms with van der Waals surface area (Å²) in [5, 5.41) is 29.1. The maximum Gasteiger partial charge on any atom is 0.428 e. The zero-order valence-electron chi connectivity index (χ0n) is 24.3. The Morgan fingerprint density at radius 1 is 0.644 bits per heavy atom. The molecule has 13 heteroatoms. The molecular formula is C32H30N4O9. The molecule has 0 aliphatic rings. The highest BCUT2D eigenvalue weighted by molar-refractivity contribution is 5.85. The van der Waals surface area contributed by atoms with Crippen LogP contribution in [0.5, 0.6) is 34.5 Å². The van der Waals surface area contributed by atoms with Gasteiger partial charge < -0.3 is 33.9 Å². The Labute approximate surface area is 258 Å². The van der Waals surface area contributed by atoms with Gasteiger partial charge in [0.1, 0.15) is 13.2 Å². The summed E-state index contributed by atoms with van der Waals surface area (Å²) in [7, 11) is 2.68. The number of carbonyl (C=O) groups is 2. The van der Waals surface area contributed by atoms with Crippen LogP contribution in [0.1, 0.15) is 22.3 Å². The molecule has 0 aliphatic heterocycles. The molecule has 232 valence electrons. The largest absolute Gasteiger partial charge is 0.502 e. The van der Waals surface area contributed by atoms with E-state index >= 15 is 0 Å². The molecule has 0 radical (unpaired) electrons. The monoisotopic (exact) mass is 614 g/mol. The van der Waals surface area contributed by atoms with Gasteiger partial charge in [0.25, 0.3) is 0 Å². The summed E-state index contributed by atoms with van der Waals surface area (Å²) in [5.41, 5.74) is 6.87. The maximum atomic E-state index is 12.0. The number of methoxy groups -OCH3 is 2. The topological polar surface area (TPSA) is 170 Å². The van der Waals surface area contributed by atoms with Gasteiger partial charge in [-0.25, -0.2) is 20.4 Å². The van der Waals surface area contributed by atoms with E-state index in [-0.39, 0.29) is 47.7 Å². The fourth-order valence-electron chi connectivity index (χ4n) is 3.77. The third-order valence-corrected chi connectivity index (χ3v) is 5.95. The van der Waals surface area contributed by atoms with Crippen LogP contribution < -0.4 is 25.1 Å². The normalized spacial score (nSPS) is 10.8. The molecule has 0 aromatic heterocycles. The van der Waals surface area contributed by atoms with Gasteiger partial charge in [0.2, 0.25) is 11.5 Å². The number of hydrogen-bond donors (Lipinski definition) is 4. The van der Waals surface area contributed by atoms with Gasteiger partial charge in [-0.2, -0.15) is 10.2 Å². The molecule has 0 saturated carbocycles. The predicted octanol–water partition coefficient (Wildman–Crippen LogP) is 5.43. The van der Waals surface area contributed by atoms with E-state index in [2.05, 4.69) is 21.1 Å². The van der Waals surface area contributed by atoms with Gasteiger partial charge in [-0.3, -0.25) is 0 Å². The molecule has 0 bridgehead atoms. The minimum Gasteiger partial charge on any atom is -0.502 e. The Morgan fingerprint density at radius 3 is 1.40 bits per heavy atom. The van der Waals surface area contributed by atoms with Gasteiger partial charge in [-0.05, 0) is 35.4 Å². The summed E-state index contributed by atoms with van der Waals surface area (Å²) in [6, 6.07) is 24.0. The highest BCUT2D eigenvalue weighted by Crippen LogP contribution is 2.44. The average molecular weight is 615 g/mol. The number of amides is 2. The van der Waals surface area contributed by atoms with Crippen molar-refractivity contribution >= 4 is 24.6 Å². The Kier molecular flexibility index (Phi) is 11.2. The first kappa shape index (κ1) is 31.7. The Hall–Kier alpha value is -6.24. The molecule has 4 aromatic rings. The predicted molar refractivity (Wildman–Crippen MR) is 164 cm³/mol. The van der Waals surface area contributed by atoms with E-state index in [0.29, 0.717) is 11.1 Å². The van der Waals surface area contributed by atoms with Crippen molar-refractivity contribution in [2.24, 2.45) is 10.2 Å². The first-order chi connectivity index (χ1) is 21.9. The molecule has 0 heterocycles. The van der Waals surface area contributed by atoms with Crippen molar-refractivity contribution < 1.29 is 43.5 Å². The number of carbonyl (C=O) groups excluding carboxylic acids is 2. The highest BCUT2D eigenvalue weighted by atomic mass is 16.6. The number of hydrazone groups is 2. The number of phenolic OH excluding ortho intramolecular Hbond substituents is 2. The number of benzene rings is 4. The van der Waals surface area contributed by atoms with Crippen molar-refractivity contribution in [3.63, 3.8) is 0 Å². The van der Waals surface area contributed by atoms with E-state index in [0.717, 1.165) is 11.1 Å². The van der Waals surface area contributed by atoms with Crippen molar-refractivity contribution in [2.45, 2.75) is 13.2 Å². The summed E-state index contributed by atoms with van der Waals surface area (Å²) in [5.74, 6) is -0.908. The standard InChI is InChI=1S/C32H30N4O9/c1-41-25-13-23(17-33-35-31(39)43-19-21-9-5-3-6-10-21)15-27(29(25)37)45-28-16-24(14-26(42-2)30(28)38)18-34-36-32(40)44-20-22-11-7-4-8-12-22/h3-18,37-38H,19-20H2,1-2H3,(H,35,39)(H,36,40)/b33-17+,34-18+. The Balaban J connectivity index is 1.44. The zero-order valence-corrected chi connectivity index (χ0v) is 24.3. The van der Waals surface area contributed by atoms with Crippen molar-refractivity contribution in [2.75, 3.05) is 14.2 Å². The molecule has 4 N–H and O–H groups in total. The van der Waals surface area contributed by atoms with Crippen LogP contribution in [0.4, 0.5) is 9.59 Å². The number of aromatic hydroxyl groups is 2. The lowest BCUT2D eigenvalue weighted by molar-refractivity contribution is 0.139. The number of hydrogen-bond acceptors (Lipinski definition) is 11. The average Bonchev–Trinajstić information content (AvgIpc) is 3.06. The van der Waals surface area contributed by atoms with Gasteiger partial charge in [-0.15, -0.1) is 0 Å². The molecule has 4 rings (SSSR count). The molecule has 2 amide bonds. The van der Waals surface area contributed by atoms with Crippen LogP contribution in [0.25, 0.3) is 0 Å². The Bertz CT molecular complexity index is 1540. The first-order valence-electron chi connectivity index (χ1n) is 13.4. The van der Waals surface area contributed by atoms with Crippen molar-refractivity contribution in [1.82, 2.24) is 10.9 Å². The second-order valence-electron chi connectivity index (χ2n) is 9.11. The van der Waals surface area contributed by atoms with Crippen LogP contribution in [0.15, 0.2) is 95.1 Å². The molecule has 0 spiro atoms. The van der Waals surface area contributed by atoms with Gasteiger partial charge in [0.15, 0.2) is 23.0 Å². The summed E-state index contributed by atoms with van der Waals surface area (Å²) < 4.78 is 26.5. The smallest absolute Gasteiger partial charge is 0.428 e. The minimum atomic E-state index is -0.772. The van der Waals surface area contributed by atoms with Crippen molar-refractivity contribution in [3.05, 3.63) is 107 Å². The molecule has 0 unspecified atom stereocenters. The quantitative estimate of drug-likeness (QED) is 0.120. The molecule has 45 heavy (non-hydrogen) atoms. The minimum absolute atomic E-state index is 0.0305. The fourth-order valence-corrected chi connectivity index (χ4v) is 3.77. The number of nitrogens with one attached hydrogen (secondary N) is 2. The Morgan fingerprint density at radius 2 is 1.02 bits per heavy atom. The maximum absolute atomic E-state index is 12.0.